The quantitative estimate of drug-likeness (QED) is 0.455. The SMILES string of the molecule is CC(C)NCC(O)COc1ccc(OCCOCCc2ccc(Cl)cc2)cc1.Cl. The maximum Gasteiger partial charge on any atom is 0.119 e. The Balaban J connectivity index is 0.00000420. The molecule has 2 aromatic carbocycles. The molecule has 0 amide bonds. The van der Waals surface area contributed by atoms with Gasteiger partial charge in [0, 0.05) is 17.6 Å². The molecule has 0 radical (unpaired) electrons. The summed E-state index contributed by atoms with van der Waals surface area (Å²) in [6, 6.07) is 15.5. The van der Waals surface area contributed by atoms with Crippen LogP contribution in [0.5, 0.6) is 11.5 Å². The van der Waals surface area contributed by atoms with E-state index in [0.29, 0.717) is 38.2 Å². The van der Waals surface area contributed by atoms with Crippen LogP contribution in [0, 0.1) is 0 Å². The number of benzene rings is 2. The molecule has 1 unspecified atom stereocenters. The number of nitrogens with one attached hydrogen (secondary N) is 1. The van der Waals surface area contributed by atoms with Crippen molar-refractivity contribution in [3.05, 3.63) is 59.1 Å². The van der Waals surface area contributed by atoms with Gasteiger partial charge in [0.25, 0.3) is 0 Å². The van der Waals surface area contributed by atoms with E-state index in [1.165, 1.54) is 5.56 Å². The topological polar surface area (TPSA) is 60.0 Å². The molecular weight excluding hydrogens is 413 g/mol. The first-order valence-corrected chi connectivity index (χ1v) is 10.00. The lowest BCUT2D eigenvalue weighted by Crippen LogP contribution is -2.35. The molecule has 1 atom stereocenters. The fourth-order valence-electron chi connectivity index (χ4n) is 2.42. The third kappa shape index (κ3) is 11.3. The first-order chi connectivity index (χ1) is 13.5. The van der Waals surface area contributed by atoms with Crippen LogP contribution in [0.3, 0.4) is 0 Å². The van der Waals surface area contributed by atoms with Crippen molar-refractivity contribution in [1.29, 1.82) is 0 Å². The van der Waals surface area contributed by atoms with E-state index in [1.54, 1.807) is 0 Å². The third-order valence-corrected chi connectivity index (χ3v) is 4.22. The fraction of sp³-hybridized carbons (Fsp3) is 0.455. The van der Waals surface area contributed by atoms with E-state index in [-0.39, 0.29) is 19.0 Å². The predicted molar refractivity (Wildman–Crippen MR) is 120 cm³/mol. The molecule has 0 aromatic heterocycles. The summed E-state index contributed by atoms with van der Waals surface area (Å²) in [6.07, 6.45) is 0.310. The van der Waals surface area contributed by atoms with Crippen molar-refractivity contribution in [2.45, 2.75) is 32.4 Å². The van der Waals surface area contributed by atoms with Crippen molar-refractivity contribution < 1.29 is 19.3 Å². The van der Waals surface area contributed by atoms with Crippen LogP contribution in [0.4, 0.5) is 0 Å². The second-order valence-electron chi connectivity index (χ2n) is 6.84. The van der Waals surface area contributed by atoms with Crippen molar-refractivity contribution in [1.82, 2.24) is 5.32 Å². The number of ether oxygens (including phenoxy) is 3. The summed E-state index contributed by atoms with van der Waals surface area (Å²) in [5, 5.41) is 13.8. The van der Waals surface area contributed by atoms with Crippen molar-refractivity contribution in [2.75, 3.05) is 33.0 Å². The van der Waals surface area contributed by atoms with Gasteiger partial charge >= 0.3 is 0 Å². The van der Waals surface area contributed by atoms with Crippen LogP contribution in [0.25, 0.3) is 0 Å². The first-order valence-electron chi connectivity index (χ1n) is 9.62. The zero-order chi connectivity index (χ0) is 20.2. The molecule has 162 valence electrons. The van der Waals surface area contributed by atoms with Gasteiger partial charge in [0.2, 0.25) is 0 Å². The molecule has 0 fully saturated rings. The monoisotopic (exact) mass is 443 g/mol. The summed E-state index contributed by atoms with van der Waals surface area (Å²) < 4.78 is 16.8. The smallest absolute Gasteiger partial charge is 0.119 e. The lowest BCUT2D eigenvalue weighted by atomic mass is 10.2. The summed E-state index contributed by atoms with van der Waals surface area (Å²) in [5.41, 5.74) is 1.20. The van der Waals surface area contributed by atoms with Crippen LogP contribution in [0.15, 0.2) is 48.5 Å². The average molecular weight is 444 g/mol. The van der Waals surface area contributed by atoms with Gasteiger partial charge in [0.05, 0.1) is 13.2 Å². The molecule has 0 saturated heterocycles. The predicted octanol–water partition coefficient (Wildman–Crippen LogP) is 4.14. The van der Waals surface area contributed by atoms with Crippen LogP contribution >= 0.6 is 24.0 Å². The van der Waals surface area contributed by atoms with Gasteiger partial charge in [-0.3, -0.25) is 0 Å². The Morgan fingerprint density at radius 2 is 1.52 bits per heavy atom. The van der Waals surface area contributed by atoms with Crippen molar-refractivity contribution >= 4 is 24.0 Å². The Bertz CT molecular complexity index is 666. The summed E-state index contributed by atoms with van der Waals surface area (Å²) >= 11 is 5.87. The maximum absolute atomic E-state index is 9.85. The number of hydrogen-bond acceptors (Lipinski definition) is 5. The van der Waals surface area contributed by atoms with E-state index in [4.69, 9.17) is 25.8 Å². The Morgan fingerprint density at radius 1 is 0.897 bits per heavy atom. The van der Waals surface area contributed by atoms with Gasteiger partial charge in [-0.25, -0.2) is 0 Å². The molecule has 0 spiro atoms. The van der Waals surface area contributed by atoms with Crippen molar-refractivity contribution in [2.24, 2.45) is 0 Å². The molecule has 0 heterocycles. The molecule has 2 aromatic rings. The van der Waals surface area contributed by atoms with E-state index in [1.807, 2.05) is 62.4 Å². The minimum Gasteiger partial charge on any atom is -0.491 e. The van der Waals surface area contributed by atoms with Gasteiger partial charge in [0.15, 0.2) is 0 Å². The van der Waals surface area contributed by atoms with Gasteiger partial charge in [-0.2, -0.15) is 0 Å². The van der Waals surface area contributed by atoms with E-state index in [2.05, 4.69) is 5.32 Å². The maximum atomic E-state index is 9.85. The zero-order valence-electron chi connectivity index (χ0n) is 17.0. The van der Waals surface area contributed by atoms with Crippen molar-refractivity contribution in [3.8, 4) is 11.5 Å². The Hall–Kier alpha value is -1.50. The Morgan fingerprint density at radius 3 is 2.14 bits per heavy atom. The Labute approximate surface area is 184 Å². The molecule has 0 saturated carbocycles. The number of aliphatic hydroxyl groups is 1. The molecule has 0 aliphatic heterocycles. The van der Waals surface area contributed by atoms with Crippen LogP contribution in [-0.2, 0) is 11.2 Å². The third-order valence-electron chi connectivity index (χ3n) is 3.97. The molecule has 7 heteroatoms. The molecule has 0 bridgehead atoms. The van der Waals surface area contributed by atoms with Crippen LogP contribution in [0.1, 0.15) is 19.4 Å². The van der Waals surface area contributed by atoms with Crippen molar-refractivity contribution in [3.63, 3.8) is 0 Å². The average Bonchev–Trinajstić information content (AvgIpc) is 2.69. The van der Waals surface area contributed by atoms with Crippen LogP contribution in [-0.4, -0.2) is 50.2 Å². The second kappa shape index (κ2) is 14.5. The van der Waals surface area contributed by atoms with Gasteiger partial charge in [0.1, 0.15) is 30.8 Å². The van der Waals surface area contributed by atoms with E-state index in [0.717, 1.165) is 17.2 Å². The number of aliphatic hydroxyl groups excluding tert-OH is 1. The summed E-state index contributed by atoms with van der Waals surface area (Å²) in [4.78, 5) is 0. The molecule has 2 N–H and O–H groups in total. The number of halogens is 2. The van der Waals surface area contributed by atoms with E-state index < -0.39 is 6.10 Å². The number of hydrogen-bond donors (Lipinski definition) is 2. The van der Waals surface area contributed by atoms with Gasteiger partial charge < -0.3 is 24.6 Å². The summed E-state index contributed by atoms with van der Waals surface area (Å²) in [6.45, 7) is 6.50. The number of rotatable bonds is 13. The van der Waals surface area contributed by atoms with Gasteiger partial charge in [-0.1, -0.05) is 37.6 Å². The van der Waals surface area contributed by atoms with Gasteiger partial charge in [-0.05, 0) is 48.4 Å². The minimum atomic E-state index is -0.539. The normalized spacial score (nSPS) is 11.8. The summed E-state index contributed by atoms with van der Waals surface area (Å²) in [7, 11) is 0. The largest absolute Gasteiger partial charge is 0.491 e. The minimum absolute atomic E-state index is 0. The fourth-order valence-corrected chi connectivity index (χ4v) is 2.54. The molecule has 29 heavy (non-hydrogen) atoms. The van der Waals surface area contributed by atoms with Gasteiger partial charge in [-0.15, -0.1) is 12.4 Å². The molecule has 0 aliphatic carbocycles. The van der Waals surface area contributed by atoms with E-state index >= 15 is 0 Å². The van der Waals surface area contributed by atoms with Crippen LogP contribution < -0.4 is 14.8 Å². The highest BCUT2D eigenvalue weighted by Crippen LogP contribution is 2.17. The first kappa shape index (κ1) is 25.5. The second-order valence-corrected chi connectivity index (χ2v) is 7.27. The lowest BCUT2D eigenvalue weighted by molar-refractivity contribution is 0.102. The molecular formula is C22H31Cl2NO4. The summed E-state index contributed by atoms with van der Waals surface area (Å²) in [5.74, 6) is 1.46. The van der Waals surface area contributed by atoms with E-state index in [9.17, 15) is 5.11 Å². The molecule has 2 rings (SSSR count). The molecule has 5 nitrogen and oxygen atoms in total. The Kier molecular flexibility index (Phi) is 12.7. The zero-order valence-corrected chi connectivity index (χ0v) is 18.5. The highest BCUT2D eigenvalue weighted by atomic mass is 35.5. The highest BCUT2D eigenvalue weighted by molar-refractivity contribution is 6.30. The molecule has 0 aliphatic rings. The lowest BCUT2D eigenvalue weighted by Gasteiger charge is -2.15. The van der Waals surface area contributed by atoms with Crippen LogP contribution in [0.2, 0.25) is 5.02 Å². The standard InChI is InChI=1S/C22H30ClNO4.ClH/c1-17(2)24-15-20(25)16-28-22-9-7-21(8-10-22)27-14-13-26-12-11-18-3-5-19(23)6-4-18;/h3-10,17,20,24-25H,11-16H2,1-2H3;1H. The highest BCUT2D eigenvalue weighted by Gasteiger charge is 2.06.